The summed E-state index contributed by atoms with van der Waals surface area (Å²) in [4.78, 5) is 0. The van der Waals surface area contributed by atoms with E-state index >= 15 is 0 Å². The van der Waals surface area contributed by atoms with Gasteiger partial charge in [0.05, 0.1) is 0 Å². The third-order valence-electron chi connectivity index (χ3n) is 3.04. The molecule has 0 aromatic heterocycles. The molecule has 1 unspecified atom stereocenters. The van der Waals surface area contributed by atoms with E-state index < -0.39 is 0 Å². The molecule has 2 nitrogen and oxygen atoms in total. The molecular weight excluding hydrogens is 148 g/mol. The Hall–Kier alpha value is -0.0800. The average Bonchev–Trinajstić information content (AvgIpc) is 2.16. The van der Waals surface area contributed by atoms with Crippen LogP contribution in [0.15, 0.2) is 0 Å². The summed E-state index contributed by atoms with van der Waals surface area (Å²) < 4.78 is 0. The molecule has 3 N–H and O–H groups in total. The molecular formula is C10H22N2. The van der Waals surface area contributed by atoms with Crippen LogP contribution in [0.2, 0.25) is 0 Å². The molecule has 0 aromatic rings. The lowest BCUT2D eigenvalue weighted by Gasteiger charge is -2.25. The largest absolute Gasteiger partial charge is 0.329 e. The van der Waals surface area contributed by atoms with Gasteiger partial charge in [-0.05, 0) is 19.4 Å². The summed E-state index contributed by atoms with van der Waals surface area (Å²) in [6.45, 7) is 0.785. The van der Waals surface area contributed by atoms with Gasteiger partial charge in [-0.25, -0.2) is 0 Å². The summed E-state index contributed by atoms with van der Waals surface area (Å²) in [5, 5.41) is 3.27. The van der Waals surface area contributed by atoms with E-state index in [0.29, 0.717) is 6.04 Å². The molecule has 12 heavy (non-hydrogen) atoms. The molecule has 1 aliphatic rings. The van der Waals surface area contributed by atoms with Crippen molar-refractivity contribution in [1.29, 1.82) is 0 Å². The maximum Gasteiger partial charge on any atom is 0.0189 e. The van der Waals surface area contributed by atoms with Crippen molar-refractivity contribution in [2.45, 2.75) is 44.6 Å². The van der Waals surface area contributed by atoms with Crippen LogP contribution < -0.4 is 11.1 Å². The highest BCUT2D eigenvalue weighted by Crippen LogP contribution is 2.26. The van der Waals surface area contributed by atoms with Gasteiger partial charge in [0, 0.05) is 12.6 Å². The molecule has 1 atom stereocenters. The highest BCUT2D eigenvalue weighted by Gasteiger charge is 2.16. The number of hydrogen-bond acceptors (Lipinski definition) is 2. The lowest BCUT2D eigenvalue weighted by atomic mass is 9.85. The molecule has 0 saturated heterocycles. The van der Waals surface area contributed by atoms with E-state index in [2.05, 4.69) is 5.32 Å². The van der Waals surface area contributed by atoms with Gasteiger partial charge in [0.15, 0.2) is 0 Å². The molecule has 72 valence electrons. The summed E-state index contributed by atoms with van der Waals surface area (Å²) in [6.07, 6.45) is 8.46. The SMILES string of the molecule is CNC(CN)CC1CCCCC1. The Morgan fingerprint density at radius 1 is 1.33 bits per heavy atom. The quantitative estimate of drug-likeness (QED) is 0.671. The summed E-state index contributed by atoms with van der Waals surface area (Å²) in [5.41, 5.74) is 5.64. The Balaban J connectivity index is 2.18. The number of likely N-dealkylation sites (N-methyl/N-ethyl adjacent to an activating group) is 1. The molecule has 0 radical (unpaired) electrons. The first-order valence-corrected chi connectivity index (χ1v) is 5.24. The van der Waals surface area contributed by atoms with Crippen LogP contribution in [0.25, 0.3) is 0 Å². The average molecular weight is 170 g/mol. The molecule has 0 spiro atoms. The Bertz CT molecular complexity index is 104. The number of hydrogen-bond donors (Lipinski definition) is 2. The lowest BCUT2D eigenvalue weighted by Crippen LogP contribution is -2.35. The molecule has 1 aliphatic carbocycles. The zero-order valence-electron chi connectivity index (χ0n) is 8.18. The van der Waals surface area contributed by atoms with Crippen molar-refractivity contribution in [1.82, 2.24) is 5.32 Å². The van der Waals surface area contributed by atoms with Crippen LogP contribution in [0.1, 0.15) is 38.5 Å². The fraction of sp³-hybridized carbons (Fsp3) is 1.00. The van der Waals surface area contributed by atoms with Crippen molar-refractivity contribution in [3.63, 3.8) is 0 Å². The molecule has 2 heteroatoms. The van der Waals surface area contributed by atoms with Crippen LogP contribution >= 0.6 is 0 Å². The molecule has 0 aromatic carbocycles. The molecule has 0 amide bonds. The van der Waals surface area contributed by atoms with Gasteiger partial charge < -0.3 is 11.1 Å². The first-order chi connectivity index (χ1) is 5.86. The molecule has 1 fully saturated rings. The standard InChI is InChI=1S/C10H22N2/c1-12-10(8-11)7-9-5-3-2-4-6-9/h9-10,12H,2-8,11H2,1H3. The van der Waals surface area contributed by atoms with E-state index in [4.69, 9.17) is 5.73 Å². The minimum Gasteiger partial charge on any atom is -0.329 e. The van der Waals surface area contributed by atoms with Crippen LogP contribution in [-0.2, 0) is 0 Å². The fourth-order valence-electron chi connectivity index (χ4n) is 2.16. The molecule has 1 rings (SSSR count). The zero-order valence-corrected chi connectivity index (χ0v) is 8.18. The second kappa shape index (κ2) is 5.55. The first kappa shape index (κ1) is 10.0. The third-order valence-corrected chi connectivity index (χ3v) is 3.04. The van der Waals surface area contributed by atoms with Gasteiger partial charge in [0.25, 0.3) is 0 Å². The number of nitrogens with two attached hydrogens (primary N) is 1. The minimum atomic E-state index is 0.549. The maximum absolute atomic E-state index is 5.64. The zero-order chi connectivity index (χ0) is 8.81. The van der Waals surface area contributed by atoms with E-state index in [1.165, 1.54) is 38.5 Å². The lowest BCUT2D eigenvalue weighted by molar-refractivity contribution is 0.306. The second-order valence-corrected chi connectivity index (χ2v) is 3.96. The van der Waals surface area contributed by atoms with E-state index in [1.807, 2.05) is 7.05 Å². The van der Waals surface area contributed by atoms with Gasteiger partial charge in [-0.2, -0.15) is 0 Å². The van der Waals surface area contributed by atoms with Crippen LogP contribution in [0, 0.1) is 5.92 Å². The smallest absolute Gasteiger partial charge is 0.0189 e. The Labute approximate surface area is 75.9 Å². The van der Waals surface area contributed by atoms with Crippen molar-refractivity contribution in [3.05, 3.63) is 0 Å². The predicted octanol–water partition coefficient (Wildman–Crippen LogP) is 1.50. The van der Waals surface area contributed by atoms with Crippen molar-refractivity contribution >= 4 is 0 Å². The van der Waals surface area contributed by atoms with Gasteiger partial charge in [-0.1, -0.05) is 32.1 Å². The van der Waals surface area contributed by atoms with Gasteiger partial charge in [-0.3, -0.25) is 0 Å². The van der Waals surface area contributed by atoms with Crippen LogP contribution in [0.4, 0.5) is 0 Å². The molecule has 0 bridgehead atoms. The summed E-state index contributed by atoms with van der Waals surface area (Å²) in [5.74, 6) is 0.944. The van der Waals surface area contributed by atoms with E-state index in [1.54, 1.807) is 0 Å². The minimum absolute atomic E-state index is 0.549. The monoisotopic (exact) mass is 170 g/mol. The number of rotatable bonds is 4. The van der Waals surface area contributed by atoms with Crippen LogP contribution in [0.3, 0.4) is 0 Å². The third kappa shape index (κ3) is 3.11. The highest BCUT2D eigenvalue weighted by atomic mass is 14.9. The molecule has 1 saturated carbocycles. The molecule has 0 heterocycles. The maximum atomic E-state index is 5.64. The van der Waals surface area contributed by atoms with Crippen LogP contribution in [-0.4, -0.2) is 19.6 Å². The highest BCUT2D eigenvalue weighted by molar-refractivity contribution is 4.73. The first-order valence-electron chi connectivity index (χ1n) is 5.24. The Morgan fingerprint density at radius 2 is 2.00 bits per heavy atom. The fourth-order valence-corrected chi connectivity index (χ4v) is 2.16. The van der Waals surface area contributed by atoms with Crippen LogP contribution in [0.5, 0.6) is 0 Å². The van der Waals surface area contributed by atoms with E-state index in [9.17, 15) is 0 Å². The van der Waals surface area contributed by atoms with Crippen molar-refractivity contribution in [2.24, 2.45) is 11.7 Å². The normalized spacial score (nSPS) is 22.5. The van der Waals surface area contributed by atoms with Gasteiger partial charge in [-0.15, -0.1) is 0 Å². The summed E-state index contributed by atoms with van der Waals surface area (Å²) in [7, 11) is 2.01. The van der Waals surface area contributed by atoms with Crippen molar-refractivity contribution in [2.75, 3.05) is 13.6 Å². The van der Waals surface area contributed by atoms with E-state index in [0.717, 1.165) is 12.5 Å². The van der Waals surface area contributed by atoms with Gasteiger partial charge in [0.1, 0.15) is 0 Å². The predicted molar refractivity (Wildman–Crippen MR) is 53.1 cm³/mol. The molecule has 0 aliphatic heterocycles. The van der Waals surface area contributed by atoms with Crippen molar-refractivity contribution in [3.8, 4) is 0 Å². The summed E-state index contributed by atoms with van der Waals surface area (Å²) >= 11 is 0. The topological polar surface area (TPSA) is 38.0 Å². The van der Waals surface area contributed by atoms with Gasteiger partial charge in [0.2, 0.25) is 0 Å². The van der Waals surface area contributed by atoms with Gasteiger partial charge >= 0.3 is 0 Å². The Kier molecular flexibility index (Phi) is 4.62. The summed E-state index contributed by atoms with van der Waals surface area (Å²) in [6, 6.07) is 0.549. The van der Waals surface area contributed by atoms with Crippen molar-refractivity contribution < 1.29 is 0 Å². The number of nitrogens with one attached hydrogen (secondary N) is 1. The second-order valence-electron chi connectivity index (χ2n) is 3.96. The van der Waals surface area contributed by atoms with E-state index in [-0.39, 0.29) is 0 Å². The Morgan fingerprint density at radius 3 is 2.50 bits per heavy atom.